The Morgan fingerprint density at radius 1 is 1.03 bits per heavy atom. The van der Waals surface area contributed by atoms with Crippen molar-refractivity contribution in [2.45, 2.75) is 26.8 Å². The van der Waals surface area contributed by atoms with Crippen LogP contribution in [-0.4, -0.2) is 27.0 Å². The van der Waals surface area contributed by atoms with Gasteiger partial charge in [0.05, 0.1) is 16.5 Å². The van der Waals surface area contributed by atoms with E-state index in [9.17, 15) is 4.79 Å². The number of thiazole rings is 1. The Bertz CT molecular complexity index is 1430. The van der Waals surface area contributed by atoms with E-state index in [0.717, 1.165) is 34.5 Å². The molecule has 0 N–H and O–H groups in total. The number of imidazole rings is 1. The molecule has 1 amide bonds. The molecule has 176 valence electrons. The van der Waals surface area contributed by atoms with E-state index in [-0.39, 0.29) is 5.91 Å². The highest BCUT2D eigenvalue weighted by Crippen LogP contribution is 2.33. The normalized spacial score (nSPS) is 11.0. The number of amides is 1. The number of fused-ring (bicyclic) bond motifs is 1. The third-order valence-electron chi connectivity index (χ3n) is 5.73. The van der Waals surface area contributed by atoms with Crippen molar-refractivity contribution >= 4 is 32.6 Å². The second-order valence-electron chi connectivity index (χ2n) is 8.48. The van der Waals surface area contributed by atoms with Crippen LogP contribution in [-0.2, 0) is 6.54 Å². The van der Waals surface area contributed by atoms with E-state index in [2.05, 4.69) is 31.0 Å². The highest BCUT2D eigenvalue weighted by molar-refractivity contribution is 7.22. The summed E-state index contributed by atoms with van der Waals surface area (Å²) in [5, 5.41) is 0.717. The van der Waals surface area contributed by atoms with Crippen LogP contribution in [0.3, 0.4) is 0 Å². The average molecular weight is 483 g/mol. The molecule has 0 unspecified atom stereocenters. The van der Waals surface area contributed by atoms with Crippen molar-refractivity contribution in [1.82, 2.24) is 14.5 Å². The van der Waals surface area contributed by atoms with E-state index in [1.54, 1.807) is 28.8 Å². The Morgan fingerprint density at radius 2 is 1.80 bits per heavy atom. The van der Waals surface area contributed by atoms with Gasteiger partial charge in [-0.05, 0) is 73.9 Å². The summed E-state index contributed by atoms with van der Waals surface area (Å²) in [6.07, 6.45) is 6.27. The standard InChI is InChI=1S/C28H26N4O2S/c1-20-17-21(2)26-25(18-20)35-28(30-26)32(15-6-14-31-16-13-29-19-31)27(33)22-9-11-24(12-10-22)34-23-7-4-3-5-8-23/h3-5,7-13,16-19H,6,14-15H2,1-2H3. The summed E-state index contributed by atoms with van der Waals surface area (Å²) in [4.78, 5) is 24.4. The largest absolute Gasteiger partial charge is 0.457 e. The van der Waals surface area contributed by atoms with E-state index >= 15 is 0 Å². The smallest absolute Gasteiger partial charge is 0.260 e. The lowest BCUT2D eigenvalue weighted by molar-refractivity contribution is 0.0986. The van der Waals surface area contributed by atoms with Gasteiger partial charge in [0.15, 0.2) is 5.13 Å². The van der Waals surface area contributed by atoms with E-state index in [4.69, 9.17) is 9.72 Å². The fraction of sp³-hybridized carbons (Fsp3) is 0.179. The molecular formula is C28H26N4O2S. The number of hydrogen-bond acceptors (Lipinski definition) is 5. The van der Waals surface area contributed by atoms with E-state index in [1.165, 1.54) is 5.56 Å². The first-order valence-corrected chi connectivity index (χ1v) is 12.4. The number of benzene rings is 3. The van der Waals surface area contributed by atoms with Gasteiger partial charge in [0.1, 0.15) is 11.5 Å². The number of rotatable bonds is 8. The molecule has 35 heavy (non-hydrogen) atoms. The quantitative estimate of drug-likeness (QED) is 0.249. The Kier molecular flexibility index (Phi) is 6.59. The van der Waals surface area contributed by atoms with Crippen LogP contribution in [0.1, 0.15) is 27.9 Å². The van der Waals surface area contributed by atoms with Gasteiger partial charge >= 0.3 is 0 Å². The molecule has 7 heteroatoms. The van der Waals surface area contributed by atoms with Crippen molar-refractivity contribution in [3.8, 4) is 11.5 Å². The number of carbonyl (C=O) groups is 1. The zero-order valence-electron chi connectivity index (χ0n) is 19.7. The molecule has 0 aliphatic heterocycles. The van der Waals surface area contributed by atoms with Crippen LogP contribution < -0.4 is 9.64 Å². The molecule has 0 saturated heterocycles. The summed E-state index contributed by atoms with van der Waals surface area (Å²) in [5.41, 5.74) is 3.86. The van der Waals surface area contributed by atoms with Gasteiger partial charge in [-0.25, -0.2) is 9.97 Å². The fourth-order valence-corrected chi connectivity index (χ4v) is 5.20. The van der Waals surface area contributed by atoms with Crippen molar-refractivity contribution < 1.29 is 9.53 Å². The summed E-state index contributed by atoms with van der Waals surface area (Å²) in [6, 6.07) is 21.1. The molecule has 0 fully saturated rings. The number of para-hydroxylation sites is 1. The zero-order chi connectivity index (χ0) is 24.2. The number of aromatic nitrogens is 3. The molecule has 5 rings (SSSR count). The van der Waals surface area contributed by atoms with Gasteiger partial charge in [-0.2, -0.15) is 0 Å². The highest BCUT2D eigenvalue weighted by Gasteiger charge is 2.22. The molecule has 2 aromatic heterocycles. The fourth-order valence-electron chi connectivity index (χ4n) is 4.03. The molecule has 3 aromatic carbocycles. The monoisotopic (exact) mass is 482 g/mol. The Labute approximate surface area is 208 Å². The van der Waals surface area contributed by atoms with Crippen molar-refractivity contribution in [2.75, 3.05) is 11.4 Å². The number of anilines is 1. The molecule has 0 aliphatic carbocycles. The van der Waals surface area contributed by atoms with E-state index in [0.29, 0.717) is 23.0 Å². The van der Waals surface area contributed by atoms with Gasteiger partial charge < -0.3 is 9.30 Å². The van der Waals surface area contributed by atoms with Crippen LogP contribution in [0.4, 0.5) is 5.13 Å². The van der Waals surface area contributed by atoms with Gasteiger partial charge in [-0.1, -0.05) is 35.6 Å². The van der Waals surface area contributed by atoms with Crippen molar-refractivity contribution in [2.24, 2.45) is 0 Å². The van der Waals surface area contributed by atoms with Gasteiger partial charge in [0.2, 0.25) is 0 Å². The number of nitrogens with zero attached hydrogens (tertiary/aromatic N) is 4. The first-order chi connectivity index (χ1) is 17.1. The van der Waals surface area contributed by atoms with Crippen LogP contribution in [0.2, 0.25) is 0 Å². The third kappa shape index (κ3) is 5.25. The van der Waals surface area contributed by atoms with Crippen LogP contribution in [0, 0.1) is 13.8 Å². The summed E-state index contributed by atoms with van der Waals surface area (Å²) in [6.45, 7) is 5.47. The maximum atomic E-state index is 13.7. The Morgan fingerprint density at radius 3 is 2.54 bits per heavy atom. The van der Waals surface area contributed by atoms with Gasteiger partial charge in [0.25, 0.3) is 5.91 Å². The Balaban J connectivity index is 1.40. The van der Waals surface area contributed by atoms with Gasteiger partial charge in [0, 0.05) is 31.0 Å². The third-order valence-corrected chi connectivity index (χ3v) is 6.76. The molecule has 5 aromatic rings. The average Bonchev–Trinajstić information content (AvgIpc) is 3.53. The number of carbonyl (C=O) groups excluding carboxylic acids is 1. The molecular weight excluding hydrogens is 456 g/mol. The second kappa shape index (κ2) is 10.1. The summed E-state index contributed by atoms with van der Waals surface area (Å²) in [5.74, 6) is 1.37. The maximum Gasteiger partial charge on any atom is 0.260 e. The second-order valence-corrected chi connectivity index (χ2v) is 9.48. The number of hydrogen-bond donors (Lipinski definition) is 0. The Hall–Kier alpha value is -3.97. The lowest BCUT2D eigenvalue weighted by Gasteiger charge is -2.20. The zero-order valence-corrected chi connectivity index (χ0v) is 20.5. The van der Waals surface area contributed by atoms with Crippen LogP contribution in [0.15, 0.2) is 85.5 Å². The molecule has 0 spiro atoms. The molecule has 2 heterocycles. The SMILES string of the molecule is Cc1cc(C)c2nc(N(CCCn3ccnc3)C(=O)c3ccc(Oc4ccccc4)cc3)sc2c1. The summed E-state index contributed by atoms with van der Waals surface area (Å²) >= 11 is 1.56. The highest BCUT2D eigenvalue weighted by atomic mass is 32.1. The van der Waals surface area contributed by atoms with E-state index < -0.39 is 0 Å². The van der Waals surface area contributed by atoms with Gasteiger partial charge in [-0.3, -0.25) is 9.69 Å². The molecule has 0 aliphatic rings. The summed E-state index contributed by atoms with van der Waals surface area (Å²) in [7, 11) is 0. The first-order valence-electron chi connectivity index (χ1n) is 11.6. The van der Waals surface area contributed by atoms with Crippen molar-refractivity contribution in [3.63, 3.8) is 0 Å². The lowest BCUT2D eigenvalue weighted by Crippen LogP contribution is -2.32. The molecule has 0 bridgehead atoms. The molecule has 0 saturated carbocycles. The van der Waals surface area contributed by atoms with E-state index in [1.807, 2.05) is 65.4 Å². The minimum absolute atomic E-state index is 0.0738. The predicted molar refractivity (Wildman–Crippen MR) is 141 cm³/mol. The first kappa shape index (κ1) is 22.8. The summed E-state index contributed by atoms with van der Waals surface area (Å²) < 4.78 is 9.00. The van der Waals surface area contributed by atoms with Crippen molar-refractivity contribution in [3.05, 3.63) is 102 Å². The van der Waals surface area contributed by atoms with Crippen LogP contribution in [0.25, 0.3) is 10.2 Å². The topological polar surface area (TPSA) is 60.2 Å². The number of aryl methyl sites for hydroxylation is 3. The minimum Gasteiger partial charge on any atom is -0.457 e. The predicted octanol–water partition coefficient (Wildman–Crippen LogP) is 6.64. The van der Waals surface area contributed by atoms with Crippen molar-refractivity contribution in [1.29, 1.82) is 0 Å². The lowest BCUT2D eigenvalue weighted by atomic mass is 10.1. The van der Waals surface area contributed by atoms with Crippen LogP contribution in [0.5, 0.6) is 11.5 Å². The molecule has 6 nitrogen and oxygen atoms in total. The molecule has 0 radical (unpaired) electrons. The van der Waals surface area contributed by atoms with Gasteiger partial charge in [-0.15, -0.1) is 0 Å². The molecule has 0 atom stereocenters. The van der Waals surface area contributed by atoms with Crippen LogP contribution >= 0.6 is 11.3 Å². The minimum atomic E-state index is -0.0738. The maximum absolute atomic E-state index is 13.7. The number of ether oxygens (including phenoxy) is 1.